The summed E-state index contributed by atoms with van der Waals surface area (Å²) in [6, 6.07) is 0. The fraction of sp³-hybridized carbons (Fsp3) is 0.871. The normalized spacial score (nSPS) is 18.2. The third-order valence-corrected chi connectivity index (χ3v) is 9.32. The van der Waals surface area contributed by atoms with Crippen LogP contribution in [0.15, 0.2) is 0 Å². The molecule has 1 fully saturated rings. The number of hydrogen-bond acceptors (Lipinski definition) is 10. The maximum Gasteiger partial charge on any atom is 0.385 e. The molecular formula is C31H39F20N5O9. The minimum atomic E-state index is -9.15. The molecule has 0 aromatic heterocycles. The molecule has 382 valence electrons. The zero-order valence-electron chi connectivity index (χ0n) is 32.6. The summed E-state index contributed by atoms with van der Waals surface area (Å²) in [4.78, 5) is 51.9. The number of hydrogen-bond donors (Lipinski definition) is 5. The smallest absolute Gasteiger partial charge is 0.385 e. The molecule has 1 heterocycles. The van der Waals surface area contributed by atoms with E-state index in [9.17, 15) is 127 Å². The second-order valence-electron chi connectivity index (χ2n) is 14.2. The number of β-amino-alcohol motifs (C(OH)–C–C–N with tert-alkyl or cyclic N) is 1. The van der Waals surface area contributed by atoms with Crippen molar-refractivity contribution in [2.45, 2.75) is 72.3 Å². The number of aliphatic hydroxyl groups excluding tert-OH is 1. The number of nitrogens with zero attached hydrogens (tertiary/aromatic N) is 4. The van der Waals surface area contributed by atoms with Gasteiger partial charge < -0.3 is 30.5 Å². The molecule has 5 N–H and O–H groups in total. The first-order valence-corrected chi connectivity index (χ1v) is 17.9. The van der Waals surface area contributed by atoms with Gasteiger partial charge in [0.2, 0.25) is 5.91 Å². The molecule has 1 atom stereocenters. The van der Waals surface area contributed by atoms with Crippen molar-refractivity contribution in [2.75, 3.05) is 98.3 Å². The average Bonchev–Trinajstić information content (AvgIpc) is 3.15. The maximum atomic E-state index is 14.2. The summed E-state index contributed by atoms with van der Waals surface area (Å²) in [5.74, 6) is -81.5. The van der Waals surface area contributed by atoms with Crippen LogP contribution in [0.25, 0.3) is 0 Å². The van der Waals surface area contributed by atoms with Crippen LogP contribution in [0.1, 0.15) is 6.42 Å². The van der Waals surface area contributed by atoms with Crippen molar-refractivity contribution in [3.8, 4) is 0 Å². The Morgan fingerprint density at radius 3 is 1.14 bits per heavy atom. The van der Waals surface area contributed by atoms with Crippen LogP contribution in [-0.4, -0.2) is 228 Å². The SMILES string of the molecule is O=C(O)CN1CCN(CC(=O)O)CCN(CC(O)CNC(=O)COCCC(F)(F)C(F)(F)C(F)(F)C(F)(F)C(F)(F)C(F)(F)C(F)(F)C(F)(F)C(F)(F)C(F)F)CCN(CC(=O)O)CC1. The number of amides is 1. The molecular weight excluding hydrogens is 966 g/mol. The molecule has 0 aromatic rings. The first-order chi connectivity index (χ1) is 29.2. The third kappa shape index (κ3) is 13.5. The van der Waals surface area contributed by atoms with Crippen molar-refractivity contribution in [1.29, 1.82) is 0 Å². The van der Waals surface area contributed by atoms with Crippen LogP contribution >= 0.6 is 0 Å². The zero-order chi connectivity index (χ0) is 51.0. The predicted octanol–water partition coefficient (Wildman–Crippen LogP) is 3.33. The summed E-state index contributed by atoms with van der Waals surface area (Å²) in [5.41, 5.74) is 0. The van der Waals surface area contributed by atoms with Gasteiger partial charge in [-0.3, -0.25) is 38.8 Å². The van der Waals surface area contributed by atoms with Gasteiger partial charge in [-0.2, -0.15) is 79.0 Å². The van der Waals surface area contributed by atoms with Crippen LogP contribution in [0, 0.1) is 0 Å². The Kier molecular flexibility index (Phi) is 20.0. The molecule has 0 bridgehead atoms. The van der Waals surface area contributed by atoms with Gasteiger partial charge in [0.05, 0.1) is 32.3 Å². The number of alkyl halides is 20. The summed E-state index contributed by atoms with van der Waals surface area (Å²) >= 11 is 0. The second-order valence-corrected chi connectivity index (χ2v) is 14.2. The molecule has 1 amide bonds. The van der Waals surface area contributed by atoms with E-state index in [0.717, 1.165) is 0 Å². The molecule has 1 aliphatic heterocycles. The molecule has 0 radical (unpaired) electrons. The Labute approximate surface area is 352 Å². The van der Waals surface area contributed by atoms with Gasteiger partial charge in [0.25, 0.3) is 0 Å². The number of ether oxygens (including phenoxy) is 1. The minimum absolute atomic E-state index is 0.00257. The van der Waals surface area contributed by atoms with E-state index in [1.807, 2.05) is 5.32 Å². The number of aliphatic carboxylic acids is 3. The molecule has 1 rings (SSSR count). The van der Waals surface area contributed by atoms with E-state index < -0.39 is 135 Å². The summed E-state index contributed by atoms with van der Waals surface area (Å²) in [7, 11) is 0. The third-order valence-electron chi connectivity index (χ3n) is 9.32. The Morgan fingerprint density at radius 2 is 0.815 bits per heavy atom. The van der Waals surface area contributed by atoms with Crippen LogP contribution in [0.2, 0.25) is 0 Å². The maximum absolute atomic E-state index is 14.2. The van der Waals surface area contributed by atoms with E-state index in [4.69, 9.17) is 0 Å². The Balaban J connectivity index is 3.04. The second kappa shape index (κ2) is 21.9. The van der Waals surface area contributed by atoms with Crippen LogP contribution in [0.5, 0.6) is 0 Å². The first-order valence-electron chi connectivity index (χ1n) is 17.9. The van der Waals surface area contributed by atoms with E-state index in [1.165, 1.54) is 19.6 Å². The van der Waals surface area contributed by atoms with Gasteiger partial charge in [0, 0.05) is 71.9 Å². The average molecular weight is 1010 g/mol. The molecule has 14 nitrogen and oxygen atoms in total. The highest BCUT2D eigenvalue weighted by molar-refractivity contribution is 5.77. The van der Waals surface area contributed by atoms with Crippen LogP contribution < -0.4 is 5.32 Å². The summed E-state index contributed by atoms with van der Waals surface area (Å²) < 4.78 is 277. The molecule has 0 aliphatic carbocycles. The molecule has 65 heavy (non-hydrogen) atoms. The van der Waals surface area contributed by atoms with Crippen molar-refractivity contribution >= 4 is 23.8 Å². The standard InChI is InChI=1S/C31H39F20N5O9/c32-22(33)24(36,37)26(40,41)28(44,45)30(48,49)31(50,51)29(46,47)27(42,43)25(38,39)23(34,35)1-10-65-16-18(58)52-11-17(57)12-53-2-4-54(13-19(59)60)6-8-56(15-21(63)64)9-7-55(5-3-53)14-20(61)62/h17,22,57H,1-16H2,(H,52,58)(H,59,60)(H,61,62)(H,63,64). The topological polar surface area (TPSA) is 183 Å². The van der Waals surface area contributed by atoms with Gasteiger partial charge in [-0.1, -0.05) is 0 Å². The molecule has 0 saturated carbocycles. The molecule has 34 heteroatoms. The lowest BCUT2D eigenvalue weighted by Crippen LogP contribution is -2.76. The Morgan fingerprint density at radius 1 is 0.508 bits per heavy atom. The van der Waals surface area contributed by atoms with Crippen LogP contribution in [0.3, 0.4) is 0 Å². The van der Waals surface area contributed by atoms with E-state index in [-0.39, 0.29) is 58.9 Å². The number of carboxylic acid groups (broad SMARTS) is 3. The number of aliphatic hydroxyl groups is 1. The number of carbonyl (C=O) groups excluding carboxylic acids is 1. The van der Waals surface area contributed by atoms with Gasteiger partial charge in [0.1, 0.15) is 6.61 Å². The fourth-order valence-electron chi connectivity index (χ4n) is 5.54. The molecule has 1 saturated heterocycles. The lowest BCUT2D eigenvalue weighted by Gasteiger charge is -2.44. The summed E-state index contributed by atoms with van der Waals surface area (Å²) in [6.07, 6.45) is -10.8. The van der Waals surface area contributed by atoms with Gasteiger partial charge >= 0.3 is 77.6 Å². The molecule has 1 aliphatic rings. The fourth-order valence-corrected chi connectivity index (χ4v) is 5.54. The number of carbonyl (C=O) groups is 4. The van der Waals surface area contributed by atoms with E-state index >= 15 is 0 Å². The Hall–Kier alpha value is -3.76. The predicted molar refractivity (Wildman–Crippen MR) is 174 cm³/mol. The summed E-state index contributed by atoms with van der Waals surface area (Å²) in [6.45, 7) is -6.49. The van der Waals surface area contributed by atoms with Crippen LogP contribution in [0.4, 0.5) is 87.8 Å². The van der Waals surface area contributed by atoms with Crippen molar-refractivity contribution in [2.24, 2.45) is 0 Å². The number of rotatable bonds is 24. The van der Waals surface area contributed by atoms with Crippen LogP contribution in [-0.2, 0) is 23.9 Å². The van der Waals surface area contributed by atoms with Gasteiger partial charge in [-0.15, -0.1) is 0 Å². The van der Waals surface area contributed by atoms with Gasteiger partial charge in [0.15, 0.2) is 0 Å². The number of nitrogens with one attached hydrogen (secondary N) is 1. The molecule has 1 unspecified atom stereocenters. The van der Waals surface area contributed by atoms with Crippen molar-refractivity contribution in [3.05, 3.63) is 0 Å². The Bertz CT molecular complexity index is 1580. The summed E-state index contributed by atoms with van der Waals surface area (Å²) in [5, 5.41) is 40.2. The zero-order valence-corrected chi connectivity index (χ0v) is 32.6. The number of halogens is 20. The van der Waals surface area contributed by atoms with Crippen molar-refractivity contribution in [1.82, 2.24) is 24.9 Å². The monoisotopic (exact) mass is 1010 g/mol. The first kappa shape index (κ1) is 59.3. The molecule has 0 aromatic carbocycles. The highest BCUT2D eigenvalue weighted by atomic mass is 19.4. The minimum Gasteiger partial charge on any atom is -0.480 e. The highest BCUT2D eigenvalue weighted by Crippen LogP contribution is 2.65. The van der Waals surface area contributed by atoms with E-state index in [2.05, 4.69) is 4.74 Å². The highest BCUT2D eigenvalue weighted by Gasteiger charge is 2.96. The lowest BCUT2D eigenvalue weighted by atomic mass is 9.86. The van der Waals surface area contributed by atoms with Gasteiger partial charge in [-0.25, -0.2) is 8.78 Å². The quantitative estimate of drug-likeness (QED) is 0.0703. The van der Waals surface area contributed by atoms with Gasteiger partial charge in [-0.05, 0) is 0 Å². The number of carboxylic acids is 3. The molecule has 0 spiro atoms. The van der Waals surface area contributed by atoms with Crippen molar-refractivity contribution < 1.29 is 132 Å². The van der Waals surface area contributed by atoms with Crippen molar-refractivity contribution in [3.63, 3.8) is 0 Å². The lowest BCUT2D eigenvalue weighted by molar-refractivity contribution is -0.465. The van der Waals surface area contributed by atoms with E-state index in [1.54, 1.807) is 0 Å². The largest absolute Gasteiger partial charge is 0.480 e. The van der Waals surface area contributed by atoms with E-state index in [0.29, 0.717) is 0 Å².